The lowest BCUT2D eigenvalue weighted by atomic mass is 9.80. The second-order valence-electron chi connectivity index (χ2n) is 4.13. The predicted octanol–water partition coefficient (Wildman–Crippen LogP) is 1.37. The van der Waals surface area contributed by atoms with E-state index in [2.05, 4.69) is 0 Å². The molecule has 1 aliphatic heterocycles. The molecule has 0 saturated carbocycles. The highest BCUT2D eigenvalue weighted by molar-refractivity contribution is 6.11. The molecule has 0 aromatic rings. The second kappa shape index (κ2) is 4.62. The SMILES string of the molecule is [B][C@@H]1O[C@@](CC)(CCCN)C(C)[C@@H]1F. The fraction of sp³-hybridized carbons (Fsp3) is 1.00. The van der Waals surface area contributed by atoms with Crippen LogP contribution in [0, 0.1) is 5.92 Å². The number of nitrogens with two attached hydrogens (primary N) is 1. The Balaban J connectivity index is 2.69. The van der Waals surface area contributed by atoms with Gasteiger partial charge < -0.3 is 10.5 Å². The Morgan fingerprint density at radius 2 is 2.21 bits per heavy atom. The van der Waals surface area contributed by atoms with Gasteiger partial charge in [-0.3, -0.25) is 0 Å². The van der Waals surface area contributed by atoms with Gasteiger partial charge in [-0.15, -0.1) is 0 Å². The molecule has 1 unspecified atom stereocenters. The van der Waals surface area contributed by atoms with Gasteiger partial charge in [0.1, 0.15) is 14.0 Å². The summed E-state index contributed by atoms with van der Waals surface area (Å²) in [5.41, 5.74) is 5.06. The minimum absolute atomic E-state index is 0.131. The van der Waals surface area contributed by atoms with E-state index in [1.807, 2.05) is 13.8 Å². The third-order valence-corrected chi connectivity index (χ3v) is 3.39. The highest BCUT2D eigenvalue weighted by Gasteiger charge is 2.49. The van der Waals surface area contributed by atoms with Crippen molar-refractivity contribution in [3.05, 3.63) is 0 Å². The van der Waals surface area contributed by atoms with Crippen LogP contribution in [0.3, 0.4) is 0 Å². The molecule has 0 amide bonds. The average Bonchev–Trinajstić information content (AvgIpc) is 2.41. The minimum atomic E-state index is -1.05. The number of hydrogen-bond donors (Lipinski definition) is 1. The summed E-state index contributed by atoms with van der Waals surface area (Å²) < 4.78 is 19.1. The van der Waals surface area contributed by atoms with Crippen molar-refractivity contribution < 1.29 is 9.13 Å². The Bertz CT molecular complexity index is 193. The molecule has 4 heteroatoms. The van der Waals surface area contributed by atoms with E-state index < -0.39 is 17.8 Å². The first-order valence-corrected chi connectivity index (χ1v) is 5.35. The summed E-state index contributed by atoms with van der Waals surface area (Å²) in [5, 5.41) is 0. The number of alkyl halides is 1. The summed E-state index contributed by atoms with van der Waals surface area (Å²) in [7, 11) is 5.56. The maximum Gasteiger partial charge on any atom is 0.123 e. The number of halogens is 1. The van der Waals surface area contributed by atoms with Crippen LogP contribution >= 0.6 is 0 Å². The minimum Gasteiger partial charge on any atom is -0.378 e. The number of ether oxygens (including phenoxy) is 1. The van der Waals surface area contributed by atoms with Crippen LogP contribution in [0.5, 0.6) is 0 Å². The van der Waals surface area contributed by atoms with Crippen LogP contribution in [-0.4, -0.2) is 32.2 Å². The Labute approximate surface area is 86.8 Å². The van der Waals surface area contributed by atoms with Crippen molar-refractivity contribution in [1.82, 2.24) is 0 Å². The molecule has 0 bridgehead atoms. The van der Waals surface area contributed by atoms with Gasteiger partial charge in [-0.05, 0) is 25.8 Å². The van der Waals surface area contributed by atoms with E-state index in [-0.39, 0.29) is 5.92 Å². The molecule has 0 aromatic heterocycles. The summed E-state index contributed by atoms with van der Waals surface area (Å²) in [6.07, 6.45) is 1.41. The topological polar surface area (TPSA) is 35.2 Å². The summed E-state index contributed by atoms with van der Waals surface area (Å²) in [5.74, 6) is -0.131. The average molecular weight is 199 g/mol. The predicted molar refractivity (Wildman–Crippen MR) is 56.0 cm³/mol. The fourth-order valence-corrected chi connectivity index (χ4v) is 2.29. The van der Waals surface area contributed by atoms with Crippen LogP contribution < -0.4 is 5.73 Å². The van der Waals surface area contributed by atoms with Gasteiger partial charge in [0, 0.05) is 11.9 Å². The Kier molecular flexibility index (Phi) is 3.96. The molecule has 0 spiro atoms. The quantitative estimate of drug-likeness (QED) is 0.694. The van der Waals surface area contributed by atoms with Gasteiger partial charge in [0.15, 0.2) is 0 Å². The Hall–Kier alpha value is -0.0851. The van der Waals surface area contributed by atoms with E-state index >= 15 is 0 Å². The number of rotatable bonds is 4. The first kappa shape index (κ1) is 12.0. The van der Waals surface area contributed by atoms with Crippen molar-refractivity contribution >= 4 is 7.85 Å². The van der Waals surface area contributed by atoms with Gasteiger partial charge in [0.25, 0.3) is 0 Å². The Morgan fingerprint density at radius 1 is 1.57 bits per heavy atom. The lowest BCUT2D eigenvalue weighted by Gasteiger charge is -2.32. The third kappa shape index (κ3) is 1.96. The smallest absolute Gasteiger partial charge is 0.123 e. The van der Waals surface area contributed by atoms with E-state index in [9.17, 15) is 4.39 Å². The van der Waals surface area contributed by atoms with Crippen LogP contribution in [-0.2, 0) is 4.74 Å². The zero-order chi connectivity index (χ0) is 10.8. The van der Waals surface area contributed by atoms with E-state index in [0.29, 0.717) is 6.54 Å². The maximum atomic E-state index is 13.5. The van der Waals surface area contributed by atoms with Crippen LogP contribution in [0.25, 0.3) is 0 Å². The zero-order valence-electron chi connectivity index (χ0n) is 9.00. The standard InChI is InChI=1S/C10H19BFNO/c1-3-10(5-4-6-13)7(2)8(12)9(11)14-10/h7-9H,3-6,13H2,1-2H3/t7?,8-,9+,10-/m0/s1. The first-order chi connectivity index (χ1) is 6.57. The summed E-state index contributed by atoms with van der Waals surface area (Å²) in [4.78, 5) is 0. The first-order valence-electron chi connectivity index (χ1n) is 5.35. The van der Waals surface area contributed by atoms with Gasteiger partial charge in [-0.25, -0.2) is 4.39 Å². The molecule has 14 heavy (non-hydrogen) atoms. The molecule has 0 aromatic carbocycles. The van der Waals surface area contributed by atoms with Gasteiger partial charge in [-0.2, -0.15) is 0 Å². The van der Waals surface area contributed by atoms with Crippen molar-refractivity contribution in [2.45, 2.75) is 50.9 Å². The van der Waals surface area contributed by atoms with Crippen molar-refractivity contribution in [1.29, 1.82) is 0 Å². The largest absolute Gasteiger partial charge is 0.378 e. The van der Waals surface area contributed by atoms with Gasteiger partial charge in [0.2, 0.25) is 0 Å². The zero-order valence-corrected chi connectivity index (χ0v) is 9.00. The highest BCUT2D eigenvalue weighted by Crippen LogP contribution is 2.42. The van der Waals surface area contributed by atoms with E-state index in [1.165, 1.54) is 0 Å². The molecular formula is C10H19BFNO. The molecule has 1 fully saturated rings. The van der Waals surface area contributed by atoms with Crippen LogP contribution in [0.1, 0.15) is 33.1 Å². The van der Waals surface area contributed by atoms with Crippen LogP contribution in [0.2, 0.25) is 0 Å². The van der Waals surface area contributed by atoms with Crippen molar-refractivity contribution in [3.8, 4) is 0 Å². The third-order valence-electron chi connectivity index (χ3n) is 3.39. The molecule has 1 aliphatic rings. The molecule has 2 N–H and O–H groups in total. The molecule has 1 saturated heterocycles. The highest BCUT2D eigenvalue weighted by atomic mass is 19.1. The van der Waals surface area contributed by atoms with E-state index in [0.717, 1.165) is 19.3 Å². The van der Waals surface area contributed by atoms with Gasteiger partial charge in [0.05, 0.1) is 5.60 Å². The fourth-order valence-electron chi connectivity index (χ4n) is 2.29. The molecule has 2 radical (unpaired) electrons. The van der Waals surface area contributed by atoms with Crippen molar-refractivity contribution in [2.24, 2.45) is 11.7 Å². The van der Waals surface area contributed by atoms with E-state index in [1.54, 1.807) is 0 Å². The number of hydrogen-bond acceptors (Lipinski definition) is 2. The van der Waals surface area contributed by atoms with Crippen molar-refractivity contribution in [3.63, 3.8) is 0 Å². The normalized spacial score (nSPS) is 43.0. The Morgan fingerprint density at radius 3 is 2.57 bits per heavy atom. The molecule has 80 valence electrons. The van der Waals surface area contributed by atoms with Gasteiger partial charge in [-0.1, -0.05) is 13.8 Å². The second-order valence-corrected chi connectivity index (χ2v) is 4.13. The van der Waals surface area contributed by atoms with E-state index in [4.69, 9.17) is 18.3 Å². The molecule has 2 nitrogen and oxygen atoms in total. The summed E-state index contributed by atoms with van der Waals surface area (Å²) in [6.45, 7) is 4.50. The molecule has 4 atom stereocenters. The lowest BCUT2D eigenvalue weighted by molar-refractivity contribution is -0.0416. The monoisotopic (exact) mass is 199 g/mol. The van der Waals surface area contributed by atoms with Crippen LogP contribution in [0.15, 0.2) is 0 Å². The maximum absolute atomic E-state index is 13.5. The molecular weight excluding hydrogens is 180 g/mol. The molecule has 1 heterocycles. The van der Waals surface area contributed by atoms with Crippen LogP contribution in [0.4, 0.5) is 4.39 Å². The molecule has 0 aliphatic carbocycles. The van der Waals surface area contributed by atoms with Crippen molar-refractivity contribution in [2.75, 3.05) is 6.54 Å². The molecule has 1 rings (SSSR count). The summed E-state index contributed by atoms with van der Waals surface area (Å²) >= 11 is 0. The summed E-state index contributed by atoms with van der Waals surface area (Å²) in [6, 6.07) is -0.761. The van der Waals surface area contributed by atoms with Gasteiger partial charge >= 0.3 is 0 Å². The lowest BCUT2D eigenvalue weighted by Crippen LogP contribution is -2.35.